The molecule has 6 nitrogen and oxygen atoms in total. The average molecular weight is 364 g/mol. The summed E-state index contributed by atoms with van der Waals surface area (Å²) in [6, 6.07) is 2.07. The number of rotatable bonds is 1. The summed E-state index contributed by atoms with van der Waals surface area (Å²) in [4.78, 5) is 17.9. The maximum atomic E-state index is 12.7. The van der Waals surface area contributed by atoms with Gasteiger partial charge in [0.25, 0.3) is 5.56 Å². The Hall–Kier alpha value is -1.41. The van der Waals surface area contributed by atoms with Crippen LogP contribution in [0.3, 0.4) is 0 Å². The lowest BCUT2D eigenvalue weighted by molar-refractivity contribution is -0.139. The van der Waals surface area contributed by atoms with E-state index >= 15 is 0 Å². The van der Waals surface area contributed by atoms with Gasteiger partial charge in [0.05, 0.1) is 37.1 Å². The standard InChI is InChI=1S/C18H24N2O4S/c1-17(2,3)18(22)10-24-9-12-11-8-13(20-4-6-23-7-5-20)25-14(11)16(21)19-15(12)18/h8,22H,4-7,9-10H2,1-3H3,(H,19,21)/t18-/m1/s1. The molecule has 0 bridgehead atoms. The molecule has 0 spiro atoms. The third kappa shape index (κ3) is 2.61. The summed E-state index contributed by atoms with van der Waals surface area (Å²) < 4.78 is 11.9. The third-order valence-corrected chi connectivity index (χ3v) is 6.52. The zero-order valence-corrected chi connectivity index (χ0v) is 15.7. The predicted octanol–water partition coefficient (Wildman–Crippen LogP) is 2.19. The Bertz CT molecular complexity index is 860. The molecule has 2 N–H and O–H groups in total. The van der Waals surface area contributed by atoms with E-state index in [2.05, 4.69) is 16.0 Å². The number of aliphatic hydroxyl groups is 1. The van der Waals surface area contributed by atoms with Crippen LogP contribution in [0.5, 0.6) is 0 Å². The van der Waals surface area contributed by atoms with Crippen molar-refractivity contribution >= 4 is 26.4 Å². The Morgan fingerprint density at radius 3 is 2.68 bits per heavy atom. The van der Waals surface area contributed by atoms with Crippen molar-refractivity contribution in [1.29, 1.82) is 0 Å². The van der Waals surface area contributed by atoms with Gasteiger partial charge in [0.2, 0.25) is 0 Å². The third-order valence-electron chi connectivity index (χ3n) is 5.33. The summed E-state index contributed by atoms with van der Waals surface area (Å²) >= 11 is 1.50. The van der Waals surface area contributed by atoms with E-state index in [1.165, 1.54) is 11.3 Å². The molecule has 7 heteroatoms. The lowest BCUT2D eigenvalue weighted by atomic mass is 9.72. The molecule has 1 atom stereocenters. The van der Waals surface area contributed by atoms with Crippen LogP contribution in [0.25, 0.3) is 10.1 Å². The molecule has 0 saturated carbocycles. The van der Waals surface area contributed by atoms with Gasteiger partial charge in [0.15, 0.2) is 0 Å². The van der Waals surface area contributed by atoms with Gasteiger partial charge in [0, 0.05) is 24.0 Å². The van der Waals surface area contributed by atoms with Crippen LogP contribution in [0.2, 0.25) is 0 Å². The van der Waals surface area contributed by atoms with Crippen molar-refractivity contribution in [2.24, 2.45) is 5.41 Å². The Balaban J connectivity index is 1.90. The number of hydrogen-bond donors (Lipinski definition) is 2. The van der Waals surface area contributed by atoms with E-state index in [1.807, 2.05) is 20.8 Å². The van der Waals surface area contributed by atoms with E-state index in [0.717, 1.165) is 29.0 Å². The molecular weight excluding hydrogens is 340 g/mol. The number of aromatic nitrogens is 1. The number of thiophene rings is 1. The van der Waals surface area contributed by atoms with Crippen molar-refractivity contribution in [1.82, 2.24) is 4.98 Å². The van der Waals surface area contributed by atoms with Crippen LogP contribution in [0.1, 0.15) is 32.0 Å². The number of anilines is 1. The van der Waals surface area contributed by atoms with Crippen LogP contribution in [-0.4, -0.2) is 43.0 Å². The summed E-state index contributed by atoms with van der Waals surface area (Å²) in [5, 5.41) is 13.2. The fourth-order valence-corrected chi connectivity index (χ4v) is 4.69. The minimum atomic E-state index is -1.21. The monoisotopic (exact) mass is 364 g/mol. The minimum absolute atomic E-state index is 0.136. The summed E-state index contributed by atoms with van der Waals surface area (Å²) in [6.45, 7) is 9.53. The summed E-state index contributed by atoms with van der Waals surface area (Å²) in [5.41, 5.74) is -0.302. The normalized spacial score (nSPS) is 24.6. The van der Waals surface area contributed by atoms with Gasteiger partial charge in [-0.15, -0.1) is 11.3 Å². The molecular formula is C18H24N2O4S. The predicted molar refractivity (Wildman–Crippen MR) is 98.5 cm³/mol. The molecule has 0 aromatic carbocycles. The molecule has 2 aromatic heterocycles. The molecule has 4 rings (SSSR count). The fourth-order valence-electron chi connectivity index (χ4n) is 3.56. The number of pyridine rings is 1. The Labute approximate surface area is 150 Å². The maximum absolute atomic E-state index is 12.7. The van der Waals surface area contributed by atoms with Gasteiger partial charge in [-0.3, -0.25) is 4.79 Å². The second-order valence-electron chi connectivity index (χ2n) is 7.84. The number of aromatic amines is 1. The molecule has 2 aromatic rings. The van der Waals surface area contributed by atoms with Gasteiger partial charge >= 0.3 is 0 Å². The molecule has 0 amide bonds. The van der Waals surface area contributed by atoms with Crippen molar-refractivity contribution in [2.75, 3.05) is 37.8 Å². The molecule has 4 heterocycles. The van der Waals surface area contributed by atoms with Crippen LogP contribution in [0.15, 0.2) is 10.9 Å². The van der Waals surface area contributed by atoms with Crippen LogP contribution in [0, 0.1) is 5.41 Å². The molecule has 25 heavy (non-hydrogen) atoms. The second kappa shape index (κ2) is 5.81. The molecule has 2 aliphatic heterocycles. The first kappa shape index (κ1) is 17.0. The number of ether oxygens (including phenoxy) is 2. The van der Waals surface area contributed by atoms with E-state index < -0.39 is 11.0 Å². The summed E-state index contributed by atoms with van der Waals surface area (Å²) in [6.07, 6.45) is 0. The zero-order valence-electron chi connectivity index (χ0n) is 14.8. The Morgan fingerprint density at radius 1 is 1.28 bits per heavy atom. The molecule has 2 aliphatic rings. The van der Waals surface area contributed by atoms with Gasteiger partial charge < -0.3 is 24.5 Å². The van der Waals surface area contributed by atoms with Gasteiger partial charge in [-0.05, 0) is 11.5 Å². The first-order chi connectivity index (χ1) is 11.8. The molecule has 0 unspecified atom stereocenters. The van der Waals surface area contributed by atoms with Crippen LogP contribution in [-0.2, 0) is 21.7 Å². The number of nitrogens with one attached hydrogen (secondary N) is 1. The van der Waals surface area contributed by atoms with Crippen molar-refractivity contribution in [2.45, 2.75) is 33.0 Å². The maximum Gasteiger partial charge on any atom is 0.266 e. The SMILES string of the molecule is CC(C)(C)[C@@]1(O)COCc2c1[nH]c(=O)c1sc(N3CCOCC3)cc21. The van der Waals surface area contributed by atoms with E-state index in [9.17, 15) is 9.90 Å². The van der Waals surface area contributed by atoms with E-state index in [-0.39, 0.29) is 12.2 Å². The Kier molecular flexibility index (Phi) is 3.95. The molecule has 0 aliphatic carbocycles. The highest BCUT2D eigenvalue weighted by Crippen LogP contribution is 2.45. The minimum Gasteiger partial charge on any atom is -0.381 e. The largest absolute Gasteiger partial charge is 0.381 e. The molecule has 0 radical (unpaired) electrons. The smallest absolute Gasteiger partial charge is 0.266 e. The van der Waals surface area contributed by atoms with Gasteiger partial charge in [-0.2, -0.15) is 0 Å². The number of hydrogen-bond acceptors (Lipinski definition) is 6. The lowest BCUT2D eigenvalue weighted by Crippen LogP contribution is -2.48. The Morgan fingerprint density at radius 2 is 2.00 bits per heavy atom. The average Bonchev–Trinajstić information content (AvgIpc) is 3.02. The molecule has 136 valence electrons. The number of nitrogens with zero attached hydrogens (tertiary/aromatic N) is 1. The first-order valence-corrected chi connectivity index (χ1v) is 9.45. The van der Waals surface area contributed by atoms with Crippen molar-refractivity contribution < 1.29 is 14.6 Å². The highest BCUT2D eigenvalue weighted by Gasteiger charge is 2.47. The highest BCUT2D eigenvalue weighted by molar-refractivity contribution is 7.22. The van der Waals surface area contributed by atoms with E-state index in [1.54, 1.807) is 0 Å². The number of H-pyrrole nitrogens is 1. The van der Waals surface area contributed by atoms with Gasteiger partial charge in [-0.1, -0.05) is 20.8 Å². The summed E-state index contributed by atoms with van der Waals surface area (Å²) in [5.74, 6) is 0. The van der Waals surface area contributed by atoms with Crippen LogP contribution in [0.4, 0.5) is 5.00 Å². The zero-order chi connectivity index (χ0) is 17.8. The lowest BCUT2D eigenvalue weighted by Gasteiger charge is -2.43. The number of fused-ring (bicyclic) bond motifs is 3. The van der Waals surface area contributed by atoms with E-state index in [0.29, 0.717) is 30.2 Å². The van der Waals surface area contributed by atoms with Crippen molar-refractivity contribution in [3.63, 3.8) is 0 Å². The number of morpholine rings is 1. The van der Waals surface area contributed by atoms with Gasteiger partial charge in [-0.25, -0.2) is 0 Å². The van der Waals surface area contributed by atoms with Crippen molar-refractivity contribution in [3.8, 4) is 0 Å². The van der Waals surface area contributed by atoms with E-state index in [4.69, 9.17) is 9.47 Å². The molecule has 1 fully saturated rings. The van der Waals surface area contributed by atoms with Crippen LogP contribution >= 0.6 is 11.3 Å². The topological polar surface area (TPSA) is 74.8 Å². The second-order valence-corrected chi connectivity index (χ2v) is 8.87. The fraction of sp³-hybridized carbons (Fsp3) is 0.611. The summed E-state index contributed by atoms with van der Waals surface area (Å²) in [7, 11) is 0. The first-order valence-electron chi connectivity index (χ1n) is 8.63. The van der Waals surface area contributed by atoms with Gasteiger partial charge in [0.1, 0.15) is 10.3 Å². The highest BCUT2D eigenvalue weighted by atomic mass is 32.1. The quantitative estimate of drug-likeness (QED) is 0.811. The molecule has 1 saturated heterocycles. The van der Waals surface area contributed by atoms with Crippen LogP contribution < -0.4 is 10.5 Å². The van der Waals surface area contributed by atoms with Crippen molar-refractivity contribution in [3.05, 3.63) is 27.7 Å².